The van der Waals surface area contributed by atoms with Crippen molar-refractivity contribution in [1.29, 1.82) is 0 Å². The van der Waals surface area contributed by atoms with Crippen molar-refractivity contribution in [2.75, 3.05) is 0 Å². The van der Waals surface area contributed by atoms with Crippen LogP contribution >= 0.6 is 0 Å². The molecule has 9 aromatic rings. The van der Waals surface area contributed by atoms with E-state index in [2.05, 4.69) is 71.1 Å². The fraction of sp³-hybridized carbons (Fsp3) is 0. The minimum Gasteiger partial charge on any atom is -0.456 e. The minimum absolute atomic E-state index is 0.909. The molecule has 4 nitrogen and oxygen atoms in total. The molecule has 4 heterocycles. The fourth-order valence-electron chi connectivity index (χ4n) is 5.89. The van der Waals surface area contributed by atoms with E-state index in [1.165, 1.54) is 21.9 Å². The molecule has 0 bridgehead atoms. The van der Waals surface area contributed by atoms with Gasteiger partial charge in [0.25, 0.3) is 0 Å². The van der Waals surface area contributed by atoms with Gasteiger partial charge in [0.15, 0.2) is 5.65 Å². The van der Waals surface area contributed by atoms with E-state index in [0.29, 0.717) is 0 Å². The summed E-state index contributed by atoms with van der Waals surface area (Å²) in [5.41, 5.74) is 10.2. The van der Waals surface area contributed by atoms with E-state index in [0.717, 1.165) is 60.6 Å². The van der Waals surface area contributed by atoms with Crippen LogP contribution in [0.4, 0.5) is 0 Å². The topological polar surface area (TPSA) is 43.3 Å². The molecule has 0 saturated carbocycles. The summed E-state index contributed by atoms with van der Waals surface area (Å²) in [6.45, 7) is 0. The van der Waals surface area contributed by atoms with Gasteiger partial charge in [-0.25, -0.2) is 9.97 Å². The summed E-state index contributed by atoms with van der Waals surface area (Å²) in [5, 5.41) is 5.88. The summed E-state index contributed by atoms with van der Waals surface area (Å²) in [6, 6.07) is 36.0. The SMILES string of the molecule is c1ccc2nc3c(nc2c1)c1cccc2c4cc(-c5ccc6c(c5)oc5ccccc56)ccc4n3c21. The van der Waals surface area contributed by atoms with Crippen LogP contribution in [-0.2, 0) is 0 Å². The van der Waals surface area contributed by atoms with E-state index in [-0.39, 0.29) is 0 Å². The highest BCUT2D eigenvalue weighted by Gasteiger charge is 2.20. The Morgan fingerprint density at radius 2 is 1.25 bits per heavy atom. The molecule has 0 saturated heterocycles. The Morgan fingerprint density at radius 1 is 0.528 bits per heavy atom. The maximum Gasteiger partial charge on any atom is 0.165 e. The van der Waals surface area contributed by atoms with Crippen LogP contribution in [0.1, 0.15) is 0 Å². The zero-order valence-electron chi connectivity index (χ0n) is 19.1. The third-order valence-electron chi connectivity index (χ3n) is 7.52. The zero-order valence-corrected chi connectivity index (χ0v) is 19.1. The number of fused-ring (bicyclic) bond motifs is 10. The second kappa shape index (κ2) is 6.37. The standard InChI is InChI=1S/C32H17N3O/c1-4-11-28-20(6-1)21-14-12-19(17-29(21)36-28)18-13-15-27-24(16-18)22-7-5-8-23-30-32(35(27)31(22)23)34-26-10-3-2-9-25(26)33-30/h1-17H. The van der Waals surface area contributed by atoms with Gasteiger partial charge in [0.2, 0.25) is 0 Å². The molecule has 0 N–H and O–H groups in total. The van der Waals surface area contributed by atoms with Crippen molar-refractivity contribution in [3.8, 4) is 11.1 Å². The smallest absolute Gasteiger partial charge is 0.165 e. The lowest BCUT2D eigenvalue weighted by atomic mass is 10.0. The third-order valence-corrected chi connectivity index (χ3v) is 7.52. The van der Waals surface area contributed by atoms with Gasteiger partial charge in [-0.3, -0.25) is 4.40 Å². The molecule has 36 heavy (non-hydrogen) atoms. The number of hydrogen-bond donors (Lipinski definition) is 0. The first-order chi connectivity index (χ1) is 17.8. The summed E-state index contributed by atoms with van der Waals surface area (Å²) in [4.78, 5) is 10.0. The number of hydrogen-bond acceptors (Lipinski definition) is 3. The van der Waals surface area contributed by atoms with Gasteiger partial charge in [0.05, 0.1) is 22.1 Å². The predicted molar refractivity (Wildman–Crippen MR) is 147 cm³/mol. The van der Waals surface area contributed by atoms with Crippen LogP contribution in [0.2, 0.25) is 0 Å². The normalized spacial score (nSPS) is 12.4. The largest absolute Gasteiger partial charge is 0.456 e. The molecule has 5 aromatic carbocycles. The van der Waals surface area contributed by atoms with Crippen molar-refractivity contribution < 1.29 is 4.42 Å². The highest BCUT2D eigenvalue weighted by Crippen LogP contribution is 2.40. The lowest BCUT2D eigenvalue weighted by Crippen LogP contribution is -1.89. The molecule has 0 amide bonds. The van der Waals surface area contributed by atoms with E-state index in [1.807, 2.05) is 36.4 Å². The van der Waals surface area contributed by atoms with Crippen LogP contribution in [0.15, 0.2) is 108 Å². The molecule has 4 heteroatoms. The second-order valence-electron chi connectivity index (χ2n) is 9.46. The molecule has 0 fully saturated rings. The van der Waals surface area contributed by atoms with Gasteiger partial charge in [-0.15, -0.1) is 0 Å². The molecule has 9 rings (SSSR count). The highest BCUT2D eigenvalue weighted by molar-refractivity contribution is 6.22. The molecular formula is C32H17N3O. The maximum atomic E-state index is 6.16. The average molecular weight is 460 g/mol. The van der Waals surface area contributed by atoms with Crippen molar-refractivity contribution in [3.05, 3.63) is 103 Å². The van der Waals surface area contributed by atoms with E-state index in [1.54, 1.807) is 0 Å². The summed E-state index contributed by atoms with van der Waals surface area (Å²) in [6.07, 6.45) is 0. The van der Waals surface area contributed by atoms with E-state index >= 15 is 0 Å². The van der Waals surface area contributed by atoms with Crippen LogP contribution in [0.5, 0.6) is 0 Å². The summed E-state index contributed by atoms with van der Waals surface area (Å²) in [5.74, 6) is 0. The number of nitrogens with zero attached hydrogens (tertiary/aromatic N) is 3. The predicted octanol–water partition coefficient (Wildman–Crippen LogP) is 8.35. The van der Waals surface area contributed by atoms with E-state index in [9.17, 15) is 0 Å². The molecule has 166 valence electrons. The average Bonchev–Trinajstić information content (AvgIpc) is 3.57. The summed E-state index contributed by atoms with van der Waals surface area (Å²) in [7, 11) is 0. The van der Waals surface area contributed by atoms with Crippen LogP contribution in [-0.4, -0.2) is 14.4 Å². The number of para-hydroxylation sites is 4. The van der Waals surface area contributed by atoms with Crippen LogP contribution < -0.4 is 0 Å². The van der Waals surface area contributed by atoms with Crippen LogP contribution in [0.3, 0.4) is 0 Å². The molecule has 0 unspecified atom stereocenters. The zero-order chi connectivity index (χ0) is 23.4. The fourth-order valence-corrected chi connectivity index (χ4v) is 5.89. The summed E-state index contributed by atoms with van der Waals surface area (Å²) < 4.78 is 8.43. The van der Waals surface area contributed by atoms with Gasteiger partial charge in [0.1, 0.15) is 16.7 Å². The molecule has 0 spiro atoms. The van der Waals surface area contributed by atoms with Gasteiger partial charge >= 0.3 is 0 Å². The quantitative estimate of drug-likeness (QED) is 0.248. The van der Waals surface area contributed by atoms with Crippen molar-refractivity contribution in [2.24, 2.45) is 0 Å². The Morgan fingerprint density at radius 3 is 2.19 bits per heavy atom. The second-order valence-corrected chi connectivity index (χ2v) is 9.46. The molecule has 0 aliphatic carbocycles. The number of benzene rings is 5. The Kier molecular flexibility index (Phi) is 3.25. The van der Waals surface area contributed by atoms with Crippen molar-refractivity contribution >= 4 is 71.3 Å². The van der Waals surface area contributed by atoms with Crippen molar-refractivity contribution in [1.82, 2.24) is 14.4 Å². The first kappa shape index (κ1) is 18.4. The van der Waals surface area contributed by atoms with Crippen molar-refractivity contribution in [3.63, 3.8) is 0 Å². The summed E-state index contributed by atoms with van der Waals surface area (Å²) >= 11 is 0. The number of rotatable bonds is 1. The molecular weight excluding hydrogens is 442 g/mol. The number of aromatic nitrogens is 3. The van der Waals surface area contributed by atoms with E-state index in [4.69, 9.17) is 14.4 Å². The van der Waals surface area contributed by atoms with Gasteiger partial charge < -0.3 is 4.42 Å². The molecule has 0 radical (unpaired) electrons. The first-order valence-electron chi connectivity index (χ1n) is 12.1. The lowest BCUT2D eigenvalue weighted by molar-refractivity contribution is 0.669. The maximum absolute atomic E-state index is 6.16. The third kappa shape index (κ3) is 2.24. The lowest BCUT2D eigenvalue weighted by Gasteiger charge is -2.04. The van der Waals surface area contributed by atoms with Gasteiger partial charge in [0, 0.05) is 26.9 Å². The minimum atomic E-state index is 0.909. The number of furan rings is 1. The molecule has 4 aromatic heterocycles. The highest BCUT2D eigenvalue weighted by atomic mass is 16.3. The molecule has 0 aliphatic heterocycles. The van der Waals surface area contributed by atoms with Gasteiger partial charge in [-0.1, -0.05) is 60.7 Å². The van der Waals surface area contributed by atoms with E-state index < -0.39 is 0 Å². The molecule has 0 aliphatic rings. The Bertz CT molecular complexity index is 2320. The van der Waals surface area contributed by atoms with Crippen LogP contribution in [0, 0.1) is 0 Å². The van der Waals surface area contributed by atoms with Gasteiger partial charge in [-0.2, -0.15) is 0 Å². The van der Waals surface area contributed by atoms with Gasteiger partial charge in [-0.05, 0) is 53.6 Å². The molecule has 0 atom stereocenters. The Labute approximate surface area is 204 Å². The first-order valence-corrected chi connectivity index (χ1v) is 12.1. The Balaban J connectivity index is 1.33. The monoisotopic (exact) mass is 459 g/mol. The Hall–Kier alpha value is -4.96. The van der Waals surface area contributed by atoms with Crippen LogP contribution in [0.25, 0.3) is 82.5 Å². The van der Waals surface area contributed by atoms with Crippen molar-refractivity contribution in [2.45, 2.75) is 0 Å².